The SMILES string of the molecule is CC(=O)c1cn(C)c2c(C)cccc12.CCCN1CCCN(Cc2ccccc2)CC1.CCl. The van der Waals surface area contributed by atoms with Crippen LogP contribution in [0.3, 0.4) is 0 Å². The van der Waals surface area contributed by atoms with E-state index in [0.717, 1.165) is 23.0 Å². The highest BCUT2D eigenvalue weighted by Gasteiger charge is 2.14. The molecule has 4 nitrogen and oxygen atoms in total. The third-order valence-corrected chi connectivity index (χ3v) is 6.05. The number of hydrogen-bond donors (Lipinski definition) is 0. The average molecular weight is 470 g/mol. The Labute approximate surface area is 205 Å². The molecular weight excluding hydrogens is 430 g/mol. The third kappa shape index (κ3) is 7.99. The summed E-state index contributed by atoms with van der Waals surface area (Å²) in [7, 11) is 1.97. The van der Waals surface area contributed by atoms with Gasteiger partial charge in [0.05, 0.1) is 5.52 Å². The summed E-state index contributed by atoms with van der Waals surface area (Å²) in [4.78, 5) is 16.6. The van der Waals surface area contributed by atoms with E-state index < -0.39 is 0 Å². The number of halogens is 1. The number of fused-ring (bicyclic) bond motifs is 1. The van der Waals surface area contributed by atoms with Crippen molar-refractivity contribution in [3.05, 3.63) is 71.4 Å². The fourth-order valence-corrected chi connectivity index (χ4v) is 4.52. The molecule has 2 aromatic carbocycles. The maximum atomic E-state index is 11.4. The number of nitrogens with zero attached hydrogens (tertiary/aromatic N) is 3. The first-order chi connectivity index (χ1) is 16.0. The fourth-order valence-electron chi connectivity index (χ4n) is 4.52. The van der Waals surface area contributed by atoms with E-state index in [1.807, 2.05) is 29.9 Å². The lowest BCUT2D eigenvalue weighted by molar-refractivity contribution is 0.101. The Hall–Kier alpha value is -2.14. The molecule has 4 rings (SSSR count). The van der Waals surface area contributed by atoms with Gasteiger partial charge in [0.15, 0.2) is 5.78 Å². The molecule has 0 aliphatic carbocycles. The number of hydrogen-bond acceptors (Lipinski definition) is 3. The first kappa shape index (κ1) is 27.1. The molecule has 1 aromatic heterocycles. The highest BCUT2D eigenvalue weighted by Crippen LogP contribution is 2.23. The third-order valence-electron chi connectivity index (χ3n) is 6.05. The minimum Gasteiger partial charge on any atom is -0.350 e. The number of alkyl halides is 1. The standard InChI is InChI=1S/C15H24N2.C12H13NO.CH3Cl/c1-2-9-16-10-6-11-17(13-12-16)14-15-7-4-3-5-8-15;1-8-5-4-6-10-11(9(2)14)7-13(3)12(8)10;1-2/h3-5,7-8H,2,6,9-14H2,1H3;4-7H,1-3H3;1H3. The van der Waals surface area contributed by atoms with Crippen molar-refractivity contribution >= 4 is 28.3 Å². The van der Waals surface area contributed by atoms with Gasteiger partial charge in [-0.15, -0.1) is 11.6 Å². The lowest BCUT2D eigenvalue weighted by atomic mass is 10.1. The molecule has 0 spiro atoms. The summed E-state index contributed by atoms with van der Waals surface area (Å²) in [6, 6.07) is 16.9. The van der Waals surface area contributed by atoms with Gasteiger partial charge in [0.1, 0.15) is 0 Å². The van der Waals surface area contributed by atoms with Gasteiger partial charge in [-0.3, -0.25) is 9.69 Å². The van der Waals surface area contributed by atoms with E-state index in [4.69, 9.17) is 0 Å². The van der Waals surface area contributed by atoms with Gasteiger partial charge in [0, 0.05) is 50.2 Å². The summed E-state index contributed by atoms with van der Waals surface area (Å²) in [5.41, 5.74) is 4.61. The van der Waals surface area contributed by atoms with Crippen molar-refractivity contribution in [2.75, 3.05) is 39.1 Å². The van der Waals surface area contributed by atoms with Crippen molar-refractivity contribution < 1.29 is 4.79 Å². The van der Waals surface area contributed by atoms with Crippen LogP contribution in [-0.4, -0.2) is 59.3 Å². The van der Waals surface area contributed by atoms with Gasteiger partial charge in [0.2, 0.25) is 0 Å². The second-order valence-electron chi connectivity index (χ2n) is 8.64. The van der Waals surface area contributed by atoms with Gasteiger partial charge in [-0.05, 0) is 57.5 Å². The highest BCUT2D eigenvalue weighted by molar-refractivity contribution is 6.15. The molecule has 5 heteroatoms. The minimum absolute atomic E-state index is 0.126. The zero-order chi connectivity index (χ0) is 24.2. The van der Waals surface area contributed by atoms with Crippen molar-refractivity contribution in [1.82, 2.24) is 14.4 Å². The van der Waals surface area contributed by atoms with Crippen LogP contribution in [0.2, 0.25) is 0 Å². The Morgan fingerprint density at radius 2 is 1.61 bits per heavy atom. The number of aryl methyl sites for hydroxylation is 2. The van der Waals surface area contributed by atoms with E-state index in [1.54, 1.807) is 6.92 Å². The van der Waals surface area contributed by atoms with E-state index in [2.05, 4.69) is 71.6 Å². The Kier molecular flexibility index (Phi) is 11.7. The Balaban J connectivity index is 0.000000221. The molecule has 2 heterocycles. The second kappa shape index (κ2) is 14.2. The molecule has 1 aliphatic heterocycles. The van der Waals surface area contributed by atoms with Crippen molar-refractivity contribution in [2.24, 2.45) is 7.05 Å². The normalized spacial score (nSPS) is 14.6. The van der Waals surface area contributed by atoms with Crippen LogP contribution in [0, 0.1) is 6.92 Å². The smallest absolute Gasteiger partial charge is 0.161 e. The van der Waals surface area contributed by atoms with Crippen LogP contribution in [-0.2, 0) is 13.6 Å². The van der Waals surface area contributed by atoms with Gasteiger partial charge in [-0.25, -0.2) is 0 Å². The molecule has 180 valence electrons. The van der Waals surface area contributed by atoms with Gasteiger partial charge < -0.3 is 9.47 Å². The molecule has 33 heavy (non-hydrogen) atoms. The molecule has 0 bridgehead atoms. The molecule has 0 atom stereocenters. The van der Waals surface area contributed by atoms with Crippen molar-refractivity contribution in [3.63, 3.8) is 0 Å². The number of benzene rings is 2. The molecule has 1 saturated heterocycles. The van der Waals surface area contributed by atoms with Crippen LogP contribution < -0.4 is 0 Å². The van der Waals surface area contributed by atoms with Crippen molar-refractivity contribution in [2.45, 2.75) is 40.2 Å². The predicted octanol–water partition coefficient (Wildman–Crippen LogP) is 6.15. The molecule has 0 N–H and O–H groups in total. The van der Waals surface area contributed by atoms with E-state index in [0.29, 0.717) is 0 Å². The monoisotopic (exact) mass is 469 g/mol. The summed E-state index contributed by atoms with van der Waals surface area (Å²) in [5, 5.41) is 1.06. The topological polar surface area (TPSA) is 28.5 Å². The Morgan fingerprint density at radius 3 is 2.27 bits per heavy atom. The number of aromatic nitrogens is 1. The lowest BCUT2D eigenvalue weighted by Crippen LogP contribution is -2.30. The summed E-state index contributed by atoms with van der Waals surface area (Å²) >= 11 is 4.64. The van der Waals surface area contributed by atoms with Crippen molar-refractivity contribution in [1.29, 1.82) is 0 Å². The lowest BCUT2D eigenvalue weighted by Gasteiger charge is -2.21. The number of rotatable bonds is 5. The number of para-hydroxylation sites is 1. The van der Waals surface area contributed by atoms with Crippen LogP contribution in [0.1, 0.15) is 48.2 Å². The van der Waals surface area contributed by atoms with Crippen LogP contribution in [0.25, 0.3) is 10.9 Å². The zero-order valence-electron chi connectivity index (χ0n) is 21.0. The molecule has 0 amide bonds. The van der Waals surface area contributed by atoms with Gasteiger partial charge in [-0.1, -0.05) is 55.5 Å². The number of carbonyl (C=O) groups excluding carboxylic acids is 1. The number of ketones is 1. The van der Waals surface area contributed by atoms with E-state index in [-0.39, 0.29) is 5.78 Å². The van der Waals surface area contributed by atoms with Crippen LogP contribution in [0.4, 0.5) is 0 Å². The van der Waals surface area contributed by atoms with Gasteiger partial charge in [-0.2, -0.15) is 0 Å². The van der Waals surface area contributed by atoms with Gasteiger partial charge >= 0.3 is 0 Å². The van der Waals surface area contributed by atoms with Crippen LogP contribution >= 0.6 is 11.6 Å². The maximum absolute atomic E-state index is 11.4. The van der Waals surface area contributed by atoms with Crippen molar-refractivity contribution in [3.8, 4) is 0 Å². The molecular formula is C28H40ClN3O. The molecule has 0 saturated carbocycles. The summed E-state index contributed by atoms with van der Waals surface area (Å²) < 4.78 is 2.02. The molecule has 1 fully saturated rings. The highest BCUT2D eigenvalue weighted by atomic mass is 35.5. The zero-order valence-corrected chi connectivity index (χ0v) is 21.7. The van der Waals surface area contributed by atoms with Crippen LogP contribution in [0.15, 0.2) is 54.7 Å². The van der Waals surface area contributed by atoms with E-state index >= 15 is 0 Å². The molecule has 1 aliphatic rings. The average Bonchev–Trinajstić information content (AvgIpc) is 3.02. The predicted molar refractivity (Wildman–Crippen MR) is 143 cm³/mol. The summed E-state index contributed by atoms with van der Waals surface area (Å²) in [5.74, 6) is 0.126. The quantitative estimate of drug-likeness (QED) is 0.331. The van der Waals surface area contributed by atoms with Gasteiger partial charge in [0.25, 0.3) is 0 Å². The van der Waals surface area contributed by atoms with E-state index in [1.165, 1.54) is 63.1 Å². The second-order valence-corrected chi connectivity index (χ2v) is 8.64. The van der Waals surface area contributed by atoms with Crippen LogP contribution in [0.5, 0.6) is 0 Å². The molecule has 3 aromatic rings. The first-order valence-electron chi connectivity index (χ1n) is 11.9. The largest absolute Gasteiger partial charge is 0.350 e. The fraction of sp³-hybridized carbons (Fsp3) is 0.464. The maximum Gasteiger partial charge on any atom is 0.161 e. The first-order valence-corrected chi connectivity index (χ1v) is 12.7. The van der Waals surface area contributed by atoms with E-state index in [9.17, 15) is 4.79 Å². The molecule has 0 unspecified atom stereocenters. The molecule has 0 radical (unpaired) electrons. The summed E-state index contributed by atoms with van der Waals surface area (Å²) in [6.07, 6.45) is 5.96. The minimum atomic E-state index is 0.126. The Morgan fingerprint density at radius 1 is 0.939 bits per heavy atom. The number of Topliss-reactive ketones (excluding diaryl/α,β-unsaturated/α-hetero) is 1. The Bertz CT molecular complexity index is 983. The summed E-state index contributed by atoms with van der Waals surface area (Å²) in [6.45, 7) is 13.3. The number of carbonyl (C=O) groups is 1.